The number of nitrogens with one attached hydrogen (secondary N) is 1. The normalized spacial score (nSPS) is 19.4. The molecular formula is C26H34NO4P. The monoisotopic (exact) mass is 455 g/mol. The van der Waals surface area contributed by atoms with Crippen LogP contribution in [0, 0.1) is 5.41 Å². The van der Waals surface area contributed by atoms with Crippen molar-refractivity contribution in [2.45, 2.75) is 45.4 Å². The molecule has 1 saturated heterocycles. The van der Waals surface area contributed by atoms with E-state index >= 15 is 0 Å². The van der Waals surface area contributed by atoms with Gasteiger partial charge in [-0.05, 0) is 36.5 Å². The molecule has 0 bridgehead atoms. The summed E-state index contributed by atoms with van der Waals surface area (Å²) < 4.78 is 10.6. The minimum Gasteiger partial charge on any atom is -0.422 e. The summed E-state index contributed by atoms with van der Waals surface area (Å²) in [6.07, 6.45) is 17.1. The van der Waals surface area contributed by atoms with Crippen LogP contribution in [0.2, 0.25) is 0 Å². The third-order valence-electron chi connectivity index (χ3n) is 4.86. The molecule has 6 heteroatoms. The van der Waals surface area contributed by atoms with Crippen molar-refractivity contribution >= 4 is 21.3 Å². The van der Waals surface area contributed by atoms with Crippen LogP contribution in [0.3, 0.4) is 0 Å². The number of esters is 2. The highest BCUT2D eigenvalue weighted by molar-refractivity contribution is 7.13. The van der Waals surface area contributed by atoms with Crippen LogP contribution in [0.5, 0.6) is 0 Å². The van der Waals surface area contributed by atoms with Crippen molar-refractivity contribution < 1.29 is 19.1 Å². The first kappa shape index (κ1) is 27.3. The van der Waals surface area contributed by atoms with Crippen LogP contribution in [0.25, 0.3) is 0 Å². The third-order valence-corrected chi connectivity index (χ3v) is 5.33. The summed E-state index contributed by atoms with van der Waals surface area (Å²) in [6, 6.07) is -0.223. The summed E-state index contributed by atoms with van der Waals surface area (Å²) >= 11 is 0. The second-order valence-electron chi connectivity index (χ2n) is 8.07. The minimum absolute atomic E-state index is 0.206. The fourth-order valence-corrected chi connectivity index (χ4v) is 3.36. The predicted molar refractivity (Wildman–Crippen MR) is 134 cm³/mol. The maximum Gasteiger partial charge on any atom is 0.326 e. The van der Waals surface area contributed by atoms with Gasteiger partial charge in [-0.2, -0.15) is 0 Å². The largest absolute Gasteiger partial charge is 0.422 e. The Kier molecular flexibility index (Phi) is 10.5. The van der Waals surface area contributed by atoms with Gasteiger partial charge in [-0.25, -0.2) is 0 Å². The first-order valence-corrected chi connectivity index (χ1v) is 10.8. The first-order chi connectivity index (χ1) is 15.0. The highest BCUT2D eigenvalue weighted by Crippen LogP contribution is 2.37. The minimum atomic E-state index is -1.40. The highest BCUT2D eigenvalue weighted by atomic mass is 31.0. The summed E-state index contributed by atoms with van der Waals surface area (Å²) in [5.41, 5.74) is 1.24. The molecule has 0 aliphatic carbocycles. The van der Waals surface area contributed by atoms with Crippen molar-refractivity contribution in [3.8, 4) is 0 Å². The summed E-state index contributed by atoms with van der Waals surface area (Å²) in [7, 11) is 2.45. The lowest BCUT2D eigenvalue weighted by Gasteiger charge is -2.39. The van der Waals surface area contributed by atoms with Gasteiger partial charge in [0.25, 0.3) is 5.79 Å². The van der Waals surface area contributed by atoms with E-state index in [0.29, 0.717) is 6.42 Å². The molecule has 1 rings (SSSR count). The second-order valence-corrected chi connectivity index (χ2v) is 8.40. The van der Waals surface area contributed by atoms with Gasteiger partial charge in [-0.3, -0.25) is 14.7 Å². The van der Waals surface area contributed by atoms with E-state index < -0.39 is 23.1 Å². The number of cyclic esters (lactones) is 2. The molecule has 2 atom stereocenters. The molecule has 1 N–H and O–H groups in total. The van der Waals surface area contributed by atoms with Crippen LogP contribution in [0.4, 0.5) is 0 Å². The molecule has 1 aliphatic heterocycles. The number of hydrogen-bond donors (Lipinski definition) is 1. The van der Waals surface area contributed by atoms with Gasteiger partial charge in [-0.1, -0.05) is 90.4 Å². The van der Waals surface area contributed by atoms with E-state index in [4.69, 9.17) is 9.47 Å². The predicted octanol–water partition coefficient (Wildman–Crippen LogP) is 5.44. The molecule has 1 heterocycles. The zero-order valence-electron chi connectivity index (χ0n) is 19.2. The maximum absolute atomic E-state index is 12.6. The Morgan fingerprint density at radius 1 is 1.00 bits per heavy atom. The van der Waals surface area contributed by atoms with E-state index in [1.807, 2.05) is 36.5 Å². The van der Waals surface area contributed by atoms with E-state index in [-0.39, 0.29) is 12.5 Å². The Balaban J connectivity index is 3.03. The molecule has 0 radical (unpaired) electrons. The second kappa shape index (κ2) is 12.3. The number of rotatable bonds is 12. The smallest absolute Gasteiger partial charge is 0.326 e. The van der Waals surface area contributed by atoms with E-state index in [2.05, 4.69) is 40.8 Å². The summed E-state index contributed by atoms with van der Waals surface area (Å²) in [4.78, 5) is 25.2. The molecule has 0 saturated carbocycles. The fraction of sp³-hybridized carbons (Fsp3) is 0.308. The van der Waals surface area contributed by atoms with Crippen molar-refractivity contribution in [3.63, 3.8) is 0 Å². The van der Waals surface area contributed by atoms with Gasteiger partial charge in [0, 0.05) is 19.9 Å². The Morgan fingerprint density at radius 2 is 1.59 bits per heavy atom. The van der Waals surface area contributed by atoms with Crippen molar-refractivity contribution in [1.82, 2.24) is 5.09 Å². The molecular weight excluding hydrogens is 421 g/mol. The number of ether oxygens (including phenoxy) is 2. The molecule has 0 aromatic heterocycles. The third kappa shape index (κ3) is 7.74. The lowest BCUT2D eigenvalue weighted by Crippen LogP contribution is -2.54. The molecule has 172 valence electrons. The average Bonchev–Trinajstić information content (AvgIpc) is 2.72. The topological polar surface area (TPSA) is 64.6 Å². The maximum atomic E-state index is 12.6. The van der Waals surface area contributed by atoms with Gasteiger partial charge in [0.2, 0.25) is 0 Å². The lowest BCUT2D eigenvalue weighted by atomic mass is 9.81. The number of carbonyl (C=O) groups excluding carboxylic acids is 2. The summed E-state index contributed by atoms with van der Waals surface area (Å²) in [6.45, 7) is 19.9. The quantitative estimate of drug-likeness (QED) is 0.184. The van der Waals surface area contributed by atoms with Crippen molar-refractivity contribution in [1.29, 1.82) is 0 Å². The molecule has 32 heavy (non-hydrogen) atoms. The van der Waals surface area contributed by atoms with Gasteiger partial charge >= 0.3 is 11.9 Å². The van der Waals surface area contributed by atoms with Gasteiger partial charge in [0.15, 0.2) is 5.41 Å². The van der Waals surface area contributed by atoms with Gasteiger partial charge < -0.3 is 9.47 Å². The van der Waals surface area contributed by atoms with Crippen LogP contribution in [-0.2, 0) is 19.1 Å². The molecule has 5 nitrogen and oxygen atoms in total. The molecule has 0 aromatic carbocycles. The lowest BCUT2D eigenvalue weighted by molar-refractivity contribution is -0.250. The molecule has 1 unspecified atom stereocenters. The number of allylic oxidation sites excluding steroid dienone is 11. The fourth-order valence-electron chi connectivity index (χ4n) is 3.13. The Hall–Kier alpha value is -2.75. The molecule has 0 spiro atoms. The molecule has 0 amide bonds. The van der Waals surface area contributed by atoms with Gasteiger partial charge in [0.1, 0.15) is 0 Å². The van der Waals surface area contributed by atoms with Crippen LogP contribution >= 0.6 is 9.39 Å². The Labute approximate surface area is 194 Å². The van der Waals surface area contributed by atoms with Crippen LogP contribution in [0.1, 0.15) is 33.6 Å². The van der Waals surface area contributed by atoms with Gasteiger partial charge in [-0.15, -0.1) is 0 Å². The van der Waals surface area contributed by atoms with Crippen molar-refractivity contribution in [3.05, 3.63) is 97.7 Å². The zero-order valence-corrected chi connectivity index (χ0v) is 20.4. The zero-order chi connectivity index (χ0) is 24.4. The number of hydrogen-bond acceptors (Lipinski definition) is 5. The van der Waals surface area contributed by atoms with E-state index in [9.17, 15) is 9.59 Å². The van der Waals surface area contributed by atoms with E-state index in [1.54, 1.807) is 25.2 Å². The van der Waals surface area contributed by atoms with Crippen LogP contribution < -0.4 is 5.09 Å². The molecule has 0 aromatic rings. The standard InChI is InChI=1S/C26H34NO4P/c1-8-11-14-21(13-10-3)19(4)15-16-20(12-9-2)17-22(27-32)18-26(7)23(28)30-25(5,6)31-24(26)29/h8-16,22,27H,1-4,17-18,32H2,5-7H3/b14-11-,16-15-,20-12+,21-13+/t22-/m1/s1. The summed E-state index contributed by atoms with van der Waals surface area (Å²) in [5, 5.41) is 3.11. The van der Waals surface area contributed by atoms with Crippen molar-refractivity contribution in [2.75, 3.05) is 0 Å². The van der Waals surface area contributed by atoms with Crippen LogP contribution in [0.15, 0.2) is 97.7 Å². The number of carbonyl (C=O) groups is 2. The summed E-state index contributed by atoms with van der Waals surface area (Å²) in [5.74, 6) is -2.43. The molecule has 1 aliphatic rings. The average molecular weight is 456 g/mol. The molecule has 1 fully saturated rings. The van der Waals surface area contributed by atoms with Crippen molar-refractivity contribution in [2.24, 2.45) is 5.41 Å². The van der Waals surface area contributed by atoms with E-state index in [0.717, 1.165) is 16.7 Å². The van der Waals surface area contributed by atoms with E-state index in [1.165, 1.54) is 13.8 Å². The van der Waals surface area contributed by atoms with Gasteiger partial charge in [0.05, 0.1) is 0 Å². The highest BCUT2D eigenvalue weighted by Gasteiger charge is 2.53. The Bertz CT molecular complexity index is 870. The SMILES string of the molecule is C=C/C=C\C(=C/C=C)C(=C)/C=C\C(=C/C=C)C[C@H](CC1(C)C(=O)OC(C)(C)OC1=O)NP. The first-order valence-electron chi connectivity index (χ1n) is 10.3. The Morgan fingerprint density at radius 3 is 2.09 bits per heavy atom. The van der Waals surface area contributed by atoms with Crippen LogP contribution in [-0.4, -0.2) is 23.8 Å².